The van der Waals surface area contributed by atoms with Gasteiger partial charge in [-0.1, -0.05) is 13.8 Å². The van der Waals surface area contributed by atoms with Crippen molar-refractivity contribution in [3.8, 4) is 0 Å². The molecule has 78 valence electrons. The molecule has 3 nitrogen and oxygen atoms in total. The molecule has 1 unspecified atom stereocenters. The van der Waals surface area contributed by atoms with Crippen LogP contribution in [0.1, 0.15) is 56.3 Å². The molecule has 2 atom stereocenters. The van der Waals surface area contributed by atoms with Crippen LogP contribution in [0.3, 0.4) is 0 Å². The van der Waals surface area contributed by atoms with Crippen LogP contribution in [0.2, 0.25) is 0 Å². The lowest BCUT2D eigenvalue weighted by Crippen LogP contribution is -2.05. The maximum Gasteiger partial charge on any atom is 0.131 e. The quantitative estimate of drug-likeness (QED) is 0.803. The Bertz CT molecular complexity index is 310. The van der Waals surface area contributed by atoms with Crippen LogP contribution >= 0.6 is 0 Å². The van der Waals surface area contributed by atoms with Crippen molar-refractivity contribution in [2.24, 2.45) is 0 Å². The summed E-state index contributed by atoms with van der Waals surface area (Å²) in [6, 6.07) is 0. The van der Waals surface area contributed by atoms with Crippen molar-refractivity contribution in [2.75, 3.05) is 0 Å². The number of nitrogens with zero attached hydrogens (tertiary/aromatic N) is 2. The first-order valence-electron chi connectivity index (χ1n) is 5.07. The summed E-state index contributed by atoms with van der Waals surface area (Å²) in [7, 11) is 0. The molecule has 0 aliphatic carbocycles. The Hall–Kier alpha value is -0.960. The van der Waals surface area contributed by atoms with Crippen LogP contribution in [-0.4, -0.2) is 15.1 Å². The monoisotopic (exact) mass is 194 g/mol. The molecule has 0 spiro atoms. The van der Waals surface area contributed by atoms with Crippen molar-refractivity contribution in [3.63, 3.8) is 0 Å². The smallest absolute Gasteiger partial charge is 0.131 e. The summed E-state index contributed by atoms with van der Waals surface area (Å²) in [6.45, 7) is 7.87. The summed E-state index contributed by atoms with van der Waals surface area (Å²) in [4.78, 5) is 8.65. The number of hydrogen-bond donors (Lipinski definition) is 1. The molecule has 0 aliphatic rings. The van der Waals surface area contributed by atoms with Gasteiger partial charge in [0.2, 0.25) is 0 Å². The summed E-state index contributed by atoms with van der Waals surface area (Å²) in [6.07, 6.45) is 2.28. The molecule has 3 heteroatoms. The molecule has 0 bridgehead atoms. The third kappa shape index (κ3) is 2.29. The van der Waals surface area contributed by atoms with Crippen molar-refractivity contribution in [1.29, 1.82) is 0 Å². The minimum Gasteiger partial charge on any atom is -0.389 e. The molecule has 1 aromatic heterocycles. The Kier molecular flexibility index (Phi) is 3.58. The van der Waals surface area contributed by atoms with Crippen molar-refractivity contribution in [3.05, 3.63) is 23.3 Å². The molecule has 0 fully saturated rings. The molecule has 0 saturated carbocycles. The van der Waals surface area contributed by atoms with Gasteiger partial charge in [0.05, 0.1) is 6.10 Å². The van der Waals surface area contributed by atoms with Crippen molar-refractivity contribution in [1.82, 2.24) is 9.97 Å². The molecule has 1 aromatic rings. The second-order valence-corrected chi connectivity index (χ2v) is 3.75. The van der Waals surface area contributed by atoms with Gasteiger partial charge in [0.1, 0.15) is 5.82 Å². The van der Waals surface area contributed by atoms with Gasteiger partial charge >= 0.3 is 0 Å². The lowest BCUT2D eigenvalue weighted by molar-refractivity contribution is 0.197. The summed E-state index contributed by atoms with van der Waals surface area (Å²) in [5.74, 6) is 1.26. The predicted molar refractivity (Wildman–Crippen MR) is 56.1 cm³/mol. The molecule has 1 rings (SSSR count). The van der Waals surface area contributed by atoms with Crippen LogP contribution in [-0.2, 0) is 0 Å². The van der Waals surface area contributed by atoms with E-state index in [1.165, 1.54) is 0 Å². The van der Waals surface area contributed by atoms with Gasteiger partial charge in [-0.2, -0.15) is 0 Å². The second kappa shape index (κ2) is 4.51. The second-order valence-electron chi connectivity index (χ2n) is 3.75. The van der Waals surface area contributed by atoms with Crippen LogP contribution < -0.4 is 0 Å². The Labute approximate surface area is 85.2 Å². The van der Waals surface area contributed by atoms with Gasteiger partial charge in [-0.25, -0.2) is 9.97 Å². The van der Waals surface area contributed by atoms with E-state index < -0.39 is 6.10 Å². The van der Waals surface area contributed by atoms with E-state index in [0.717, 1.165) is 23.5 Å². The first-order valence-corrected chi connectivity index (χ1v) is 5.07. The van der Waals surface area contributed by atoms with Gasteiger partial charge in [0.25, 0.3) is 0 Å². The van der Waals surface area contributed by atoms with Crippen LogP contribution in [0.5, 0.6) is 0 Å². The molecule has 0 saturated heterocycles. The standard InChI is InChI=1S/C11H18N2O/c1-5-7(2)11-12-6-10(9(4)14)8(3)13-11/h6-7,9,14H,5H2,1-4H3/t7?,9-/m0/s1. The highest BCUT2D eigenvalue weighted by atomic mass is 16.3. The van der Waals surface area contributed by atoms with E-state index in [0.29, 0.717) is 5.92 Å². The van der Waals surface area contributed by atoms with Crippen molar-refractivity contribution < 1.29 is 5.11 Å². The Balaban J connectivity index is 3.00. The van der Waals surface area contributed by atoms with Gasteiger partial charge in [0, 0.05) is 23.4 Å². The normalized spacial score (nSPS) is 15.2. The fraction of sp³-hybridized carbons (Fsp3) is 0.636. The topological polar surface area (TPSA) is 46.0 Å². The molecular formula is C11H18N2O. The summed E-state index contributed by atoms with van der Waals surface area (Å²) >= 11 is 0. The zero-order valence-electron chi connectivity index (χ0n) is 9.28. The fourth-order valence-corrected chi connectivity index (χ4v) is 1.32. The number of aliphatic hydroxyl groups excluding tert-OH is 1. The van der Waals surface area contributed by atoms with Gasteiger partial charge < -0.3 is 5.11 Å². The maximum atomic E-state index is 9.41. The van der Waals surface area contributed by atoms with E-state index in [1.54, 1.807) is 13.1 Å². The highest BCUT2D eigenvalue weighted by Crippen LogP contribution is 2.18. The van der Waals surface area contributed by atoms with Crippen LogP contribution in [0.4, 0.5) is 0 Å². The SMILES string of the molecule is CCC(C)c1ncc([C@H](C)O)c(C)n1. The van der Waals surface area contributed by atoms with Gasteiger partial charge in [-0.3, -0.25) is 0 Å². The first-order chi connectivity index (χ1) is 6.56. The van der Waals surface area contributed by atoms with Crippen LogP contribution in [0.15, 0.2) is 6.20 Å². The van der Waals surface area contributed by atoms with Crippen LogP contribution in [0, 0.1) is 6.92 Å². The minimum absolute atomic E-state index is 0.386. The fourth-order valence-electron chi connectivity index (χ4n) is 1.32. The van der Waals surface area contributed by atoms with E-state index in [-0.39, 0.29) is 0 Å². The van der Waals surface area contributed by atoms with E-state index >= 15 is 0 Å². The number of aliphatic hydroxyl groups is 1. The average Bonchev–Trinajstić information content (AvgIpc) is 2.15. The lowest BCUT2D eigenvalue weighted by atomic mass is 10.1. The summed E-state index contributed by atoms with van der Waals surface area (Å²) < 4.78 is 0. The molecule has 0 aromatic carbocycles. The highest BCUT2D eigenvalue weighted by molar-refractivity contribution is 5.19. The number of rotatable bonds is 3. The molecule has 1 N–H and O–H groups in total. The molecule has 0 radical (unpaired) electrons. The Morgan fingerprint density at radius 3 is 2.50 bits per heavy atom. The molecule has 14 heavy (non-hydrogen) atoms. The van der Waals surface area contributed by atoms with Gasteiger partial charge in [-0.05, 0) is 20.3 Å². The summed E-state index contributed by atoms with van der Waals surface area (Å²) in [5.41, 5.74) is 1.70. The maximum absolute atomic E-state index is 9.41. The predicted octanol–water partition coefficient (Wildman–Crippen LogP) is 2.35. The Morgan fingerprint density at radius 2 is 2.07 bits per heavy atom. The van der Waals surface area contributed by atoms with Gasteiger partial charge in [-0.15, -0.1) is 0 Å². The van der Waals surface area contributed by atoms with E-state index in [4.69, 9.17) is 0 Å². The van der Waals surface area contributed by atoms with Crippen LogP contribution in [0.25, 0.3) is 0 Å². The van der Waals surface area contributed by atoms with Crippen molar-refractivity contribution >= 4 is 0 Å². The average molecular weight is 194 g/mol. The molecular weight excluding hydrogens is 176 g/mol. The van der Waals surface area contributed by atoms with E-state index in [9.17, 15) is 5.11 Å². The van der Waals surface area contributed by atoms with E-state index in [2.05, 4.69) is 23.8 Å². The minimum atomic E-state index is -0.485. The number of hydrogen-bond acceptors (Lipinski definition) is 3. The van der Waals surface area contributed by atoms with Crippen molar-refractivity contribution in [2.45, 2.75) is 46.1 Å². The zero-order valence-corrected chi connectivity index (χ0v) is 9.28. The van der Waals surface area contributed by atoms with E-state index in [1.807, 2.05) is 6.92 Å². The third-order valence-corrected chi connectivity index (χ3v) is 2.54. The lowest BCUT2D eigenvalue weighted by Gasteiger charge is -2.11. The Morgan fingerprint density at radius 1 is 1.43 bits per heavy atom. The first kappa shape index (κ1) is 11.1. The van der Waals surface area contributed by atoms with Gasteiger partial charge in [0.15, 0.2) is 0 Å². The largest absolute Gasteiger partial charge is 0.389 e. The molecule has 0 aliphatic heterocycles. The summed E-state index contributed by atoms with van der Waals surface area (Å²) in [5, 5.41) is 9.41. The molecule has 1 heterocycles. The molecule has 0 amide bonds. The number of aromatic nitrogens is 2. The zero-order chi connectivity index (χ0) is 10.7. The third-order valence-electron chi connectivity index (χ3n) is 2.54. The highest BCUT2D eigenvalue weighted by Gasteiger charge is 2.11. The number of aryl methyl sites for hydroxylation is 1.